The summed E-state index contributed by atoms with van der Waals surface area (Å²) in [5.41, 5.74) is 2.54. The second kappa shape index (κ2) is 7.58. The molecular formula is C25H22F2N2O3. The molecule has 1 aromatic heterocycles. The lowest BCUT2D eigenvalue weighted by Gasteiger charge is -2.23. The van der Waals surface area contributed by atoms with E-state index in [1.54, 1.807) is 0 Å². The lowest BCUT2D eigenvalue weighted by molar-refractivity contribution is -0.136. The number of carbonyl (C=O) groups excluding carboxylic acids is 2. The van der Waals surface area contributed by atoms with Gasteiger partial charge >= 0.3 is 5.97 Å². The maximum Gasteiger partial charge on any atom is 0.341 e. The third kappa shape index (κ3) is 3.28. The predicted octanol–water partition coefficient (Wildman–Crippen LogP) is 4.93. The number of esters is 1. The van der Waals surface area contributed by atoms with Gasteiger partial charge in [-0.25, -0.2) is 13.6 Å². The van der Waals surface area contributed by atoms with Crippen molar-refractivity contribution in [2.45, 2.75) is 31.6 Å². The second-order valence-corrected chi connectivity index (χ2v) is 8.44. The predicted molar refractivity (Wildman–Crippen MR) is 116 cm³/mol. The van der Waals surface area contributed by atoms with Crippen LogP contribution in [-0.2, 0) is 14.9 Å². The number of rotatable bonds is 4. The zero-order chi connectivity index (χ0) is 22.5. The van der Waals surface area contributed by atoms with Crippen LogP contribution in [0, 0.1) is 11.6 Å². The monoisotopic (exact) mass is 436 g/mol. The van der Waals surface area contributed by atoms with Crippen molar-refractivity contribution in [2.24, 2.45) is 0 Å². The molecule has 5 rings (SSSR count). The average molecular weight is 436 g/mol. The smallest absolute Gasteiger partial charge is 0.341 e. The molecule has 1 N–H and O–H groups in total. The van der Waals surface area contributed by atoms with Gasteiger partial charge in [0.2, 0.25) is 0 Å². The number of hydrogen-bond donors (Lipinski definition) is 1. The first-order valence-corrected chi connectivity index (χ1v) is 10.7. The third-order valence-electron chi connectivity index (χ3n) is 6.20. The summed E-state index contributed by atoms with van der Waals surface area (Å²) in [6.45, 7) is 2.50. The van der Waals surface area contributed by atoms with Gasteiger partial charge in [-0.2, -0.15) is 0 Å². The highest BCUT2D eigenvalue weighted by atomic mass is 19.2. The summed E-state index contributed by atoms with van der Waals surface area (Å²) < 4.78 is 32.6. The summed E-state index contributed by atoms with van der Waals surface area (Å²) in [6, 6.07) is 10.9. The van der Waals surface area contributed by atoms with Crippen LogP contribution in [0.1, 0.15) is 47.8 Å². The van der Waals surface area contributed by atoms with Crippen LogP contribution >= 0.6 is 0 Å². The van der Waals surface area contributed by atoms with E-state index in [0.717, 1.165) is 41.4 Å². The number of para-hydroxylation sites is 1. The maximum absolute atomic E-state index is 13.8. The van der Waals surface area contributed by atoms with E-state index in [9.17, 15) is 18.4 Å². The number of aromatic amines is 1. The normalized spacial score (nSPS) is 16.5. The van der Waals surface area contributed by atoms with E-state index in [-0.39, 0.29) is 23.2 Å². The number of benzene rings is 2. The number of aromatic nitrogens is 1. The molecule has 7 heteroatoms. The Labute approximate surface area is 183 Å². The highest BCUT2D eigenvalue weighted by molar-refractivity contribution is 6.18. The number of amides is 1. The summed E-state index contributed by atoms with van der Waals surface area (Å²) >= 11 is 0. The molecule has 1 amide bonds. The second-order valence-electron chi connectivity index (χ2n) is 8.44. The van der Waals surface area contributed by atoms with Crippen LogP contribution in [0.15, 0.2) is 48.7 Å². The molecule has 164 valence electrons. The van der Waals surface area contributed by atoms with Crippen LogP contribution in [0.2, 0.25) is 0 Å². The van der Waals surface area contributed by atoms with Crippen molar-refractivity contribution in [3.05, 3.63) is 77.1 Å². The minimum atomic E-state index is -1.09. The molecule has 2 aliphatic rings. The number of fused-ring (bicyclic) bond motifs is 4. The van der Waals surface area contributed by atoms with Gasteiger partial charge < -0.3 is 14.6 Å². The summed E-state index contributed by atoms with van der Waals surface area (Å²) in [7, 11) is 0. The number of nitrogens with zero attached hydrogens (tertiary/aromatic N) is 1. The van der Waals surface area contributed by atoms with Gasteiger partial charge in [0, 0.05) is 34.6 Å². The van der Waals surface area contributed by atoms with E-state index in [1.807, 2.05) is 31.2 Å². The van der Waals surface area contributed by atoms with Crippen LogP contribution in [0.4, 0.5) is 8.78 Å². The molecule has 1 fully saturated rings. The van der Waals surface area contributed by atoms with Gasteiger partial charge in [-0.15, -0.1) is 0 Å². The standard InChI is InChI=1S/C25H22F2N2O3/c1-2-11-32-24(31)17-13-29(23(30)15-7-8-18(26)19(27)12-15)14-25(9-10-25)21-16-5-3-4-6-20(16)28-22(17)21/h3-8,12-13,28H,2,9-11,14H2,1H3. The first-order valence-electron chi connectivity index (χ1n) is 10.7. The number of halogens is 2. The van der Waals surface area contributed by atoms with Gasteiger partial charge in [0.25, 0.3) is 5.91 Å². The molecule has 1 spiro atoms. The molecule has 3 aromatic rings. The Morgan fingerprint density at radius 2 is 1.91 bits per heavy atom. The van der Waals surface area contributed by atoms with Gasteiger partial charge in [-0.05, 0) is 49.1 Å². The largest absolute Gasteiger partial charge is 0.462 e. The molecule has 1 saturated carbocycles. The van der Waals surface area contributed by atoms with Gasteiger partial charge in [0.15, 0.2) is 11.6 Å². The van der Waals surface area contributed by atoms with Crippen LogP contribution < -0.4 is 0 Å². The average Bonchev–Trinajstić information content (AvgIpc) is 3.49. The van der Waals surface area contributed by atoms with E-state index in [1.165, 1.54) is 17.2 Å². The summed E-state index contributed by atoms with van der Waals surface area (Å²) in [6.07, 6.45) is 3.87. The number of ether oxygens (including phenoxy) is 1. The zero-order valence-electron chi connectivity index (χ0n) is 17.6. The first kappa shape index (κ1) is 20.4. The first-order chi connectivity index (χ1) is 15.4. The van der Waals surface area contributed by atoms with Crippen molar-refractivity contribution in [3.63, 3.8) is 0 Å². The van der Waals surface area contributed by atoms with Crippen molar-refractivity contribution >= 4 is 28.4 Å². The molecular weight excluding hydrogens is 414 g/mol. The fourth-order valence-corrected chi connectivity index (χ4v) is 4.48. The Kier molecular flexibility index (Phi) is 4.84. The molecule has 1 aliphatic carbocycles. The quantitative estimate of drug-likeness (QED) is 0.590. The van der Waals surface area contributed by atoms with Gasteiger partial charge in [-0.1, -0.05) is 25.1 Å². The molecule has 2 aromatic carbocycles. The van der Waals surface area contributed by atoms with Crippen molar-refractivity contribution in [3.8, 4) is 0 Å². The topological polar surface area (TPSA) is 62.4 Å². The summed E-state index contributed by atoms with van der Waals surface area (Å²) in [4.78, 5) is 31.1. The van der Waals surface area contributed by atoms with Gasteiger partial charge in [0.1, 0.15) is 0 Å². The van der Waals surface area contributed by atoms with Crippen molar-refractivity contribution < 1.29 is 23.1 Å². The number of carbonyl (C=O) groups is 2. The molecule has 2 heterocycles. The Bertz CT molecular complexity index is 1270. The number of hydrogen-bond acceptors (Lipinski definition) is 3. The Hall–Kier alpha value is -3.48. The molecule has 0 unspecified atom stereocenters. The molecule has 0 saturated heterocycles. The van der Waals surface area contributed by atoms with Crippen LogP contribution in [0.5, 0.6) is 0 Å². The summed E-state index contributed by atoms with van der Waals surface area (Å²) in [5, 5.41) is 1.01. The van der Waals surface area contributed by atoms with Gasteiger partial charge in [-0.3, -0.25) is 4.79 Å². The highest BCUT2D eigenvalue weighted by Gasteiger charge is 2.51. The third-order valence-corrected chi connectivity index (χ3v) is 6.20. The van der Waals surface area contributed by atoms with Crippen molar-refractivity contribution in [1.82, 2.24) is 9.88 Å². The zero-order valence-corrected chi connectivity index (χ0v) is 17.6. The molecule has 0 atom stereocenters. The molecule has 1 aliphatic heterocycles. The Morgan fingerprint density at radius 3 is 2.62 bits per heavy atom. The van der Waals surface area contributed by atoms with E-state index in [0.29, 0.717) is 18.7 Å². The minimum Gasteiger partial charge on any atom is -0.462 e. The Morgan fingerprint density at radius 1 is 1.12 bits per heavy atom. The minimum absolute atomic E-state index is 0.0210. The van der Waals surface area contributed by atoms with E-state index < -0.39 is 23.5 Å². The molecule has 5 nitrogen and oxygen atoms in total. The fraction of sp³-hybridized carbons (Fsp3) is 0.280. The maximum atomic E-state index is 13.8. The van der Waals surface area contributed by atoms with Crippen molar-refractivity contribution in [1.29, 1.82) is 0 Å². The number of nitrogens with one attached hydrogen (secondary N) is 1. The van der Waals surface area contributed by atoms with Crippen LogP contribution in [0.25, 0.3) is 16.5 Å². The lowest BCUT2D eigenvalue weighted by Crippen LogP contribution is -2.33. The molecule has 0 bridgehead atoms. The van der Waals surface area contributed by atoms with E-state index in [2.05, 4.69) is 4.98 Å². The molecule has 32 heavy (non-hydrogen) atoms. The van der Waals surface area contributed by atoms with Crippen LogP contribution in [0.3, 0.4) is 0 Å². The van der Waals surface area contributed by atoms with Gasteiger partial charge in [0.05, 0.1) is 17.9 Å². The fourth-order valence-electron chi connectivity index (χ4n) is 4.48. The lowest BCUT2D eigenvalue weighted by atomic mass is 9.91. The number of H-pyrrole nitrogens is 1. The van der Waals surface area contributed by atoms with E-state index in [4.69, 9.17) is 4.74 Å². The SMILES string of the molecule is CCCOC(=O)C1=CN(C(=O)c2ccc(F)c(F)c2)CC2(CC2)c2c1[nH]c1ccccc21. The van der Waals surface area contributed by atoms with E-state index >= 15 is 0 Å². The highest BCUT2D eigenvalue weighted by Crippen LogP contribution is 2.54. The molecule has 0 radical (unpaired) electrons. The summed E-state index contributed by atoms with van der Waals surface area (Å²) in [5.74, 6) is -3.13. The Balaban J connectivity index is 1.64. The van der Waals surface area contributed by atoms with Crippen molar-refractivity contribution in [2.75, 3.05) is 13.2 Å². The van der Waals surface area contributed by atoms with Crippen LogP contribution in [-0.4, -0.2) is 34.9 Å².